The molecule has 1 aromatic carbocycles. The molecule has 1 heterocycles. The molecule has 2 unspecified atom stereocenters. The van der Waals surface area contributed by atoms with E-state index in [4.69, 9.17) is 10.5 Å². The van der Waals surface area contributed by atoms with Crippen molar-refractivity contribution in [2.45, 2.75) is 29.7 Å². The number of para-hydroxylation sites is 1. The topological polar surface area (TPSA) is 72.6 Å². The Labute approximate surface area is 122 Å². The highest BCUT2D eigenvalue weighted by molar-refractivity contribution is 7.91. The van der Waals surface area contributed by atoms with Crippen molar-refractivity contribution in [2.75, 3.05) is 24.6 Å². The third kappa shape index (κ3) is 3.17. The minimum Gasteiger partial charge on any atom is -0.373 e. The number of nitrogens with zero attached hydrogens (tertiary/aromatic N) is 1. The van der Waals surface area contributed by atoms with Crippen molar-refractivity contribution in [3.8, 4) is 0 Å². The van der Waals surface area contributed by atoms with Crippen LogP contribution in [0.5, 0.6) is 0 Å². The van der Waals surface area contributed by atoms with E-state index in [1.165, 1.54) is 18.2 Å². The summed E-state index contributed by atoms with van der Waals surface area (Å²) < 4.78 is 54.8. The van der Waals surface area contributed by atoms with Gasteiger partial charge in [0.05, 0.1) is 23.3 Å². The summed E-state index contributed by atoms with van der Waals surface area (Å²) in [4.78, 5) is 1.40. The minimum absolute atomic E-state index is 0.123. The molecule has 0 spiro atoms. The second-order valence-corrected chi connectivity index (χ2v) is 6.85. The lowest BCUT2D eigenvalue weighted by Crippen LogP contribution is -2.51. The predicted molar refractivity (Wildman–Crippen MR) is 75.2 cm³/mol. The number of morpholine rings is 1. The van der Waals surface area contributed by atoms with Gasteiger partial charge in [-0.1, -0.05) is 12.1 Å². The number of rotatable bonds is 4. The van der Waals surface area contributed by atoms with Gasteiger partial charge in [-0.3, -0.25) is 0 Å². The Kier molecular flexibility index (Phi) is 4.80. The Morgan fingerprint density at radius 3 is 2.71 bits per heavy atom. The molecule has 0 saturated carbocycles. The molecule has 0 aliphatic carbocycles. The van der Waals surface area contributed by atoms with Gasteiger partial charge in [-0.25, -0.2) is 8.42 Å². The largest absolute Gasteiger partial charge is 0.373 e. The smallest absolute Gasteiger partial charge is 0.341 e. The molecule has 1 aliphatic heterocycles. The normalized spacial score (nSPS) is 23.6. The van der Waals surface area contributed by atoms with E-state index in [1.54, 1.807) is 11.0 Å². The summed E-state index contributed by atoms with van der Waals surface area (Å²) in [5, 5.41) is 0. The molecular weight excluding hydrogens is 302 g/mol. The third-order valence-corrected chi connectivity index (χ3v) is 4.91. The van der Waals surface area contributed by atoms with Gasteiger partial charge < -0.3 is 15.4 Å². The molecule has 2 N–H and O–H groups in total. The van der Waals surface area contributed by atoms with Crippen LogP contribution in [-0.4, -0.2) is 46.0 Å². The number of benzene rings is 1. The number of anilines is 1. The Balaban J connectivity index is 2.44. The zero-order valence-corrected chi connectivity index (χ0v) is 12.4. The lowest BCUT2D eigenvalue weighted by Gasteiger charge is -2.40. The van der Waals surface area contributed by atoms with Crippen molar-refractivity contribution >= 4 is 15.5 Å². The second kappa shape index (κ2) is 6.25. The second-order valence-electron chi connectivity index (χ2n) is 4.97. The van der Waals surface area contributed by atoms with Crippen molar-refractivity contribution < 1.29 is 21.9 Å². The summed E-state index contributed by atoms with van der Waals surface area (Å²) in [6, 6.07) is 5.67. The van der Waals surface area contributed by atoms with Crippen LogP contribution in [0.4, 0.5) is 14.5 Å². The summed E-state index contributed by atoms with van der Waals surface area (Å²) in [6.45, 7) is 2.86. The fourth-order valence-corrected chi connectivity index (χ4v) is 3.26. The van der Waals surface area contributed by atoms with Gasteiger partial charge in [0.1, 0.15) is 0 Å². The van der Waals surface area contributed by atoms with E-state index in [2.05, 4.69) is 0 Å². The summed E-state index contributed by atoms with van der Waals surface area (Å²) in [5.74, 6) is -3.44. The van der Waals surface area contributed by atoms with Crippen molar-refractivity contribution in [1.82, 2.24) is 0 Å². The van der Waals surface area contributed by atoms with Crippen LogP contribution in [0.25, 0.3) is 0 Å². The lowest BCUT2D eigenvalue weighted by molar-refractivity contribution is 0.0281. The molecule has 0 radical (unpaired) electrons. The number of hydrogen-bond acceptors (Lipinski definition) is 5. The standard InChI is InChI=1S/C13H18F2N2O3S/c1-9-8-20-10(6-16)7-17(9)11-4-2-3-5-12(11)21(18,19)13(14)15/h2-5,9-10,13H,6-8,16H2,1H3. The molecule has 1 aromatic rings. The first-order valence-corrected chi connectivity index (χ1v) is 8.12. The van der Waals surface area contributed by atoms with Crippen molar-refractivity contribution in [2.24, 2.45) is 5.73 Å². The molecule has 2 rings (SSSR count). The van der Waals surface area contributed by atoms with E-state index in [-0.39, 0.29) is 29.3 Å². The number of halogens is 2. The Morgan fingerprint density at radius 1 is 1.43 bits per heavy atom. The van der Waals surface area contributed by atoms with Crippen LogP contribution < -0.4 is 10.6 Å². The Hall–Kier alpha value is -1.25. The lowest BCUT2D eigenvalue weighted by atomic mass is 10.1. The highest BCUT2D eigenvalue weighted by atomic mass is 32.2. The number of hydrogen-bond donors (Lipinski definition) is 1. The maximum absolute atomic E-state index is 12.8. The van der Waals surface area contributed by atoms with Crippen LogP contribution in [0.15, 0.2) is 29.2 Å². The highest BCUT2D eigenvalue weighted by Gasteiger charge is 2.33. The summed E-state index contributed by atoms with van der Waals surface area (Å²) >= 11 is 0. The summed E-state index contributed by atoms with van der Waals surface area (Å²) in [7, 11) is -4.65. The fraction of sp³-hybridized carbons (Fsp3) is 0.538. The van der Waals surface area contributed by atoms with Crippen molar-refractivity contribution in [3.05, 3.63) is 24.3 Å². The third-order valence-electron chi connectivity index (χ3n) is 3.48. The van der Waals surface area contributed by atoms with Gasteiger partial charge in [0.2, 0.25) is 9.84 Å². The number of ether oxygens (including phenoxy) is 1. The zero-order valence-electron chi connectivity index (χ0n) is 11.6. The first-order valence-electron chi connectivity index (χ1n) is 6.57. The summed E-state index contributed by atoms with van der Waals surface area (Å²) in [6.07, 6.45) is -0.247. The first kappa shape index (κ1) is 16.1. The van der Waals surface area contributed by atoms with Gasteiger partial charge in [0, 0.05) is 19.1 Å². The molecule has 0 amide bonds. The minimum atomic E-state index is -4.65. The van der Waals surface area contributed by atoms with E-state index in [1.807, 2.05) is 6.92 Å². The first-order chi connectivity index (χ1) is 9.87. The van der Waals surface area contributed by atoms with E-state index >= 15 is 0 Å². The van der Waals surface area contributed by atoms with Crippen LogP contribution in [-0.2, 0) is 14.6 Å². The maximum atomic E-state index is 12.8. The van der Waals surface area contributed by atoms with Crippen LogP contribution in [0.2, 0.25) is 0 Å². The molecule has 1 saturated heterocycles. The van der Waals surface area contributed by atoms with E-state index in [0.717, 1.165) is 0 Å². The van der Waals surface area contributed by atoms with Gasteiger partial charge in [0.25, 0.3) is 0 Å². The van der Waals surface area contributed by atoms with Crippen molar-refractivity contribution in [3.63, 3.8) is 0 Å². The van der Waals surface area contributed by atoms with E-state index in [0.29, 0.717) is 13.2 Å². The SMILES string of the molecule is CC1COC(CN)CN1c1ccccc1S(=O)(=O)C(F)F. The number of nitrogens with two attached hydrogens (primary N) is 1. The molecule has 0 aromatic heterocycles. The molecule has 0 bridgehead atoms. The van der Waals surface area contributed by atoms with Crippen LogP contribution in [0.1, 0.15) is 6.92 Å². The van der Waals surface area contributed by atoms with E-state index in [9.17, 15) is 17.2 Å². The molecule has 8 heteroatoms. The monoisotopic (exact) mass is 320 g/mol. The summed E-state index contributed by atoms with van der Waals surface area (Å²) in [5.41, 5.74) is 5.84. The predicted octanol–water partition coefficient (Wildman–Crippen LogP) is 1.24. The molecule has 2 atom stereocenters. The van der Waals surface area contributed by atoms with E-state index < -0.39 is 15.6 Å². The van der Waals surface area contributed by atoms with Crippen molar-refractivity contribution in [1.29, 1.82) is 0 Å². The van der Waals surface area contributed by atoms with Gasteiger partial charge in [0.15, 0.2) is 0 Å². The molecule has 118 valence electrons. The molecular formula is C13H18F2N2O3S. The average Bonchev–Trinajstić information content (AvgIpc) is 2.47. The Bertz CT molecular complexity index is 595. The molecule has 1 fully saturated rings. The van der Waals surface area contributed by atoms with Crippen LogP contribution in [0.3, 0.4) is 0 Å². The quantitative estimate of drug-likeness (QED) is 0.903. The van der Waals surface area contributed by atoms with Gasteiger partial charge >= 0.3 is 5.76 Å². The zero-order chi connectivity index (χ0) is 15.6. The van der Waals surface area contributed by atoms with Crippen LogP contribution in [0, 0.1) is 0 Å². The number of sulfone groups is 1. The maximum Gasteiger partial charge on any atom is 0.341 e. The highest BCUT2D eigenvalue weighted by Crippen LogP contribution is 2.31. The Morgan fingerprint density at radius 2 is 2.10 bits per heavy atom. The molecule has 21 heavy (non-hydrogen) atoms. The molecule has 5 nitrogen and oxygen atoms in total. The van der Waals surface area contributed by atoms with Gasteiger partial charge in [-0.2, -0.15) is 8.78 Å². The van der Waals surface area contributed by atoms with Gasteiger partial charge in [-0.05, 0) is 19.1 Å². The number of alkyl halides is 2. The average molecular weight is 320 g/mol. The van der Waals surface area contributed by atoms with Crippen LogP contribution >= 0.6 is 0 Å². The fourth-order valence-electron chi connectivity index (χ4n) is 2.33. The molecule has 1 aliphatic rings. The van der Waals surface area contributed by atoms with Gasteiger partial charge in [-0.15, -0.1) is 0 Å².